The van der Waals surface area contributed by atoms with Crippen molar-refractivity contribution in [3.8, 4) is 0 Å². The third-order valence-electron chi connectivity index (χ3n) is 1.75. The quantitative estimate of drug-likeness (QED) is 0.570. The number of carbonyl (C=O) groups excluding carboxylic acids is 1. The molecule has 1 atom stereocenters. The number of hydrogen-bond acceptors (Lipinski definition) is 2. The van der Waals surface area contributed by atoms with Crippen LogP contribution in [0.5, 0.6) is 0 Å². The van der Waals surface area contributed by atoms with Crippen LogP contribution in [0.3, 0.4) is 0 Å². The predicted octanol–water partition coefficient (Wildman–Crippen LogP) is 2.40. The lowest BCUT2D eigenvalue weighted by Gasteiger charge is -1.95. The second kappa shape index (κ2) is 5.36. The largest absolute Gasteiger partial charge is 0.463 e. The summed E-state index contributed by atoms with van der Waals surface area (Å²) < 4.78 is 4.72. The van der Waals surface area contributed by atoms with Crippen molar-refractivity contribution in [2.45, 2.75) is 25.9 Å². The van der Waals surface area contributed by atoms with E-state index in [1.165, 1.54) is 0 Å². The number of benzene rings is 1. The summed E-state index contributed by atoms with van der Waals surface area (Å²) in [6.07, 6.45) is 1.69. The van der Waals surface area contributed by atoms with E-state index >= 15 is 0 Å². The minimum Gasteiger partial charge on any atom is -0.463 e. The van der Waals surface area contributed by atoms with Crippen LogP contribution in [-0.2, 0) is 9.53 Å². The molecule has 2 nitrogen and oxygen atoms in total. The molecule has 2 heteroatoms. The van der Waals surface area contributed by atoms with Gasteiger partial charge in [-0.3, -0.25) is 4.79 Å². The molecule has 1 saturated heterocycles. The highest BCUT2D eigenvalue weighted by Crippen LogP contribution is 2.11. The second-order valence-electron chi connectivity index (χ2n) is 2.99. The zero-order chi connectivity index (χ0) is 9.52. The van der Waals surface area contributed by atoms with Crippen LogP contribution in [0.4, 0.5) is 0 Å². The monoisotopic (exact) mass is 178 g/mol. The Kier molecular flexibility index (Phi) is 4.03. The molecule has 1 aromatic carbocycles. The van der Waals surface area contributed by atoms with E-state index in [-0.39, 0.29) is 12.1 Å². The van der Waals surface area contributed by atoms with Crippen LogP contribution in [0.15, 0.2) is 36.4 Å². The molecule has 1 fully saturated rings. The molecule has 0 saturated carbocycles. The van der Waals surface area contributed by atoms with Crippen molar-refractivity contribution in [2.24, 2.45) is 0 Å². The molecule has 1 unspecified atom stereocenters. The summed E-state index contributed by atoms with van der Waals surface area (Å²) in [5.74, 6) is -0.0486. The van der Waals surface area contributed by atoms with Crippen LogP contribution < -0.4 is 0 Å². The molecule has 0 spiro atoms. The minimum atomic E-state index is -0.0486. The Morgan fingerprint density at radius 2 is 1.62 bits per heavy atom. The first kappa shape index (κ1) is 9.78. The van der Waals surface area contributed by atoms with Crippen LogP contribution >= 0.6 is 0 Å². The van der Waals surface area contributed by atoms with E-state index in [0.717, 1.165) is 6.42 Å². The molecule has 0 radical (unpaired) electrons. The van der Waals surface area contributed by atoms with Gasteiger partial charge in [0.1, 0.15) is 0 Å². The van der Waals surface area contributed by atoms with Gasteiger partial charge in [0.25, 0.3) is 0 Å². The van der Waals surface area contributed by atoms with Gasteiger partial charge >= 0.3 is 5.97 Å². The summed E-state index contributed by atoms with van der Waals surface area (Å²) in [5, 5.41) is 0. The maximum absolute atomic E-state index is 10.2. The van der Waals surface area contributed by atoms with Gasteiger partial charge in [-0.1, -0.05) is 36.4 Å². The van der Waals surface area contributed by atoms with E-state index in [4.69, 9.17) is 4.74 Å². The second-order valence-corrected chi connectivity index (χ2v) is 2.99. The van der Waals surface area contributed by atoms with Crippen molar-refractivity contribution in [1.82, 2.24) is 0 Å². The maximum Gasteiger partial charge on any atom is 0.306 e. The predicted molar refractivity (Wildman–Crippen MR) is 51.2 cm³/mol. The first-order chi connectivity index (χ1) is 6.29. The molecular weight excluding hydrogens is 164 g/mol. The summed E-state index contributed by atoms with van der Waals surface area (Å²) in [7, 11) is 0. The van der Waals surface area contributed by atoms with E-state index in [1.54, 1.807) is 0 Å². The van der Waals surface area contributed by atoms with Gasteiger partial charge in [0, 0.05) is 6.42 Å². The van der Waals surface area contributed by atoms with Gasteiger partial charge in [-0.2, -0.15) is 0 Å². The van der Waals surface area contributed by atoms with Crippen LogP contribution in [0.25, 0.3) is 0 Å². The Balaban J connectivity index is 0.000000132. The Morgan fingerprint density at radius 1 is 1.15 bits per heavy atom. The molecule has 1 aromatic rings. The fraction of sp³-hybridized carbons (Fsp3) is 0.364. The summed E-state index contributed by atoms with van der Waals surface area (Å²) in [4.78, 5) is 10.2. The molecular formula is C11H14O2. The number of cyclic esters (lactones) is 1. The molecule has 70 valence electrons. The SMILES string of the molecule is CC1CCC(=O)O1.c1ccccc1. The standard InChI is InChI=1S/C6H6.C5H8O2/c1-2-4-6-5-3-1;1-4-2-3-5(6)7-4/h1-6H;4H,2-3H2,1H3. The minimum absolute atomic E-state index is 0.0486. The molecule has 1 aliphatic heterocycles. The molecule has 0 N–H and O–H groups in total. The third-order valence-corrected chi connectivity index (χ3v) is 1.75. The van der Waals surface area contributed by atoms with Crippen molar-refractivity contribution < 1.29 is 9.53 Å². The lowest BCUT2D eigenvalue weighted by atomic mass is 10.3. The van der Waals surface area contributed by atoms with Gasteiger partial charge in [-0.05, 0) is 13.3 Å². The lowest BCUT2D eigenvalue weighted by Crippen LogP contribution is -1.98. The fourth-order valence-electron chi connectivity index (χ4n) is 1.05. The molecule has 0 aromatic heterocycles. The summed E-state index contributed by atoms with van der Waals surface area (Å²) >= 11 is 0. The normalized spacial score (nSPS) is 20.1. The van der Waals surface area contributed by atoms with Crippen LogP contribution in [0.1, 0.15) is 19.8 Å². The van der Waals surface area contributed by atoms with Gasteiger partial charge < -0.3 is 4.74 Å². The first-order valence-electron chi connectivity index (χ1n) is 4.48. The van der Waals surface area contributed by atoms with Crippen molar-refractivity contribution in [1.29, 1.82) is 0 Å². The zero-order valence-electron chi connectivity index (χ0n) is 7.77. The summed E-state index contributed by atoms with van der Waals surface area (Å²) in [6, 6.07) is 12.0. The van der Waals surface area contributed by atoms with Crippen molar-refractivity contribution in [2.75, 3.05) is 0 Å². The molecule has 1 heterocycles. The van der Waals surface area contributed by atoms with Crippen molar-refractivity contribution in [3.05, 3.63) is 36.4 Å². The maximum atomic E-state index is 10.2. The van der Waals surface area contributed by atoms with Gasteiger partial charge in [0.2, 0.25) is 0 Å². The van der Waals surface area contributed by atoms with E-state index in [2.05, 4.69) is 0 Å². The van der Waals surface area contributed by atoms with E-state index in [9.17, 15) is 4.79 Å². The Bertz CT molecular complexity index is 217. The number of esters is 1. The number of ether oxygens (including phenoxy) is 1. The fourth-order valence-corrected chi connectivity index (χ4v) is 1.05. The molecule has 0 amide bonds. The van der Waals surface area contributed by atoms with E-state index in [0.29, 0.717) is 6.42 Å². The average molecular weight is 178 g/mol. The van der Waals surface area contributed by atoms with E-state index in [1.807, 2.05) is 43.3 Å². The zero-order valence-corrected chi connectivity index (χ0v) is 7.77. The highest BCUT2D eigenvalue weighted by molar-refractivity contribution is 5.71. The van der Waals surface area contributed by atoms with Crippen LogP contribution in [-0.4, -0.2) is 12.1 Å². The summed E-state index contributed by atoms with van der Waals surface area (Å²) in [5.41, 5.74) is 0. The Labute approximate surface area is 78.5 Å². The summed E-state index contributed by atoms with van der Waals surface area (Å²) in [6.45, 7) is 1.91. The topological polar surface area (TPSA) is 26.3 Å². The molecule has 13 heavy (non-hydrogen) atoms. The van der Waals surface area contributed by atoms with Gasteiger partial charge in [-0.15, -0.1) is 0 Å². The molecule has 2 rings (SSSR count). The highest BCUT2D eigenvalue weighted by atomic mass is 16.5. The first-order valence-corrected chi connectivity index (χ1v) is 4.48. The smallest absolute Gasteiger partial charge is 0.306 e. The van der Waals surface area contributed by atoms with Crippen LogP contribution in [0.2, 0.25) is 0 Å². The Hall–Kier alpha value is -1.31. The number of rotatable bonds is 0. The van der Waals surface area contributed by atoms with E-state index < -0.39 is 0 Å². The van der Waals surface area contributed by atoms with Gasteiger partial charge in [-0.25, -0.2) is 0 Å². The highest BCUT2D eigenvalue weighted by Gasteiger charge is 2.17. The average Bonchev–Trinajstić information content (AvgIpc) is 2.54. The molecule has 0 aliphatic carbocycles. The third kappa shape index (κ3) is 4.31. The number of carbonyl (C=O) groups is 1. The van der Waals surface area contributed by atoms with Crippen molar-refractivity contribution in [3.63, 3.8) is 0 Å². The number of hydrogen-bond donors (Lipinski definition) is 0. The van der Waals surface area contributed by atoms with Crippen molar-refractivity contribution >= 4 is 5.97 Å². The molecule has 1 aliphatic rings. The van der Waals surface area contributed by atoms with Crippen LogP contribution in [0, 0.1) is 0 Å². The lowest BCUT2D eigenvalue weighted by molar-refractivity contribution is -0.140. The van der Waals surface area contributed by atoms with Gasteiger partial charge in [0.05, 0.1) is 6.10 Å². The molecule has 0 bridgehead atoms. The Morgan fingerprint density at radius 3 is 1.77 bits per heavy atom. The van der Waals surface area contributed by atoms with Gasteiger partial charge in [0.15, 0.2) is 0 Å².